The first kappa shape index (κ1) is 19.3. The summed E-state index contributed by atoms with van der Waals surface area (Å²) in [7, 11) is 1.82. The first-order valence-corrected chi connectivity index (χ1v) is 8.77. The Hall–Kier alpha value is -2.51. The molecule has 2 amide bonds. The van der Waals surface area contributed by atoms with E-state index >= 15 is 0 Å². The second kappa shape index (κ2) is 8.02. The molecule has 1 heterocycles. The summed E-state index contributed by atoms with van der Waals surface area (Å²) >= 11 is 0. The SMILES string of the molecule is Cc1cc([CH-]c2ccccc2)cc2c1N(C)C(=O)NC2c1ccccc1.[W+2]. The van der Waals surface area contributed by atoms with Crippen LogP contribution in [0.15, 0.2) is 72.8 Å². The third-order valence-corrected chi connectivity index (χ3v) is 4.84. The van der Waals surface area contributed by atoms with Gasteiger partial charge in [-0.25, -0.2) is 4.79 Å². The number of urea groups is 1. The van der Waals surface area contributed by atoms with Crippen molar-refractivity contribution in [1.29, 1.82) is 0 Å². The van der Waals surface area contributed by atoms with Crippen LogP contribution in [0.5, 0.6) is 0 Å². The molecule has 1 atom stereocenters. The largest absolute Gasteiger partial charge is 2.00 e. The minimum absolute atomic E-state index is 0. The van der Waals surface area contributed by atoms with E-state index in [1.807, 2.05) is 43.4 Å². The van der Waals surface area contributed by atoms with Crippen LogP contribution in [-0.2, 0) is 21.1 Å². The molecule has 0 saturated carbocycles. The monoisotopic (exact) mass is 525 g/mol. The summed E-state index contributed by atoms with van der Waals surface area (Å²) in [5.74, 6) is 0. The molecule has 4 heteroatoms. The number of aryl methyl sites for hydroxylation is 1. The Morgan fingerprint density at radius 1 is 0.926 bits per heavy atom. The topological polar surface area (TPSA) is 32.3 Å². The van der Waals surface area contributed by atoms with Gasteiger partial charge in [0.25, 0.3) is 0 Å². The molecule has 134 valence electrons. The summed E-state index contributed by atoms with van der Waals surface area (Å²) < 4.78 is 0. The molecule has 0 bridgehead atoms. The van der Waals surface area contributed by atoms with E-state index in [0.29, 0.717) is 0 Å². The van der Waals surface area contributed by atoms with E-state index in [1.54, 1.807) is 4.90 Å². The van der Waals surface area contributed by atoms with Crippen molar-refractivity contribution in [3.8, 4) is 0 Å². The van der Waals surface area contributed by atoms with Gasteiger partial charge in [-0.15, -0.1) is 41.8 Å². The van der Waals surface area contributed by atoms with Gasteiger partial charge < -0.3 is 5.32 Å². The molecule has 0 saturated heterocycles. The Morgan fingerprint density at radius 3 is 2.22 bits per heavy atom. The maximum absolute atomic E-state index is 12.5. The van der Waals surface area contributed by atoms with Gasteiger partial charge in [0.05, 0.1) is 6.04 Å². The third-order valence-electron chi connectivity index (χ3n) is 4.84. The molecule has 1 aliphatic heterocycles. The van der Waals surface area contributed by atoms with Crippen LogP contribution in [0.3, 0.4) is 0 Å². The molecule has 0 radical (unpaired) electrons. The number of benzene rings is 3. The minimum Gasteiger partial charge on any atom is -0.327 e. The van der Waals surface area contributed by atoms with Crippen LogP contribution < -0.4 is 10.2 Å². The van der Waals surface area contributed by atoms with Crippen LogP contribution in [0.2, 0.25) is 0 Å². The van der Waals surface area contributed by atoms with Crippen molar-refractivity contribution >= 4 is 11.7 Å². The number of nitrogens with one attached hydrogen (secondary N) is 1. The Kier molecular flexibility index (Phi) is 5.72. The first-order chi connectivity index (χ1) is 12.6. The van der Waals surface area contributed by atoms with Gasteiger partial charge in [-0.3, -0.25) is 4.90 Å². The number of fused-ring (bicyclic) bond motifs is 1. The molecule has 4 rings (SSSR count). The van der Waals surface area contributed by atoms with E-state index in [-0.39, 0.29) is 33.1 Å². The summed E-state index contributed by atoms with van der Waals surface area (Å²) in [5, 5.41) is 3.13. The number of nitrogens with zero attached hydrogens (tertiary/aromatic N) is 1. The zero-order chi connectivity index (χ0) is 18.1. The van der Waals surface area contributed by atoms with Gasteiger partial charge in [0.1, 0.15) is 0 Å². The Morgan fingerprint density at radius 2 is 1.56 bits per heavy atom. The first-order valence-electron chi connectivity index (χ1n) is 8.77. The molecular weight excluding hydrogens is 504 g/mol. The van der Waals surface area contributed by atoms with Crippen molar-refractivity contribution in [3.05, 3.63) is 107 Å². The van der Waals surface area contributed by atoms with Gasteiger partial charge in [0, 0.05) is 12.7 Å². The fraction of sp³-hybridized carbons (Fsp3) is 0.130. The van der Waals surface area contributed by atoms with Gasteiger partial charge in [-0.2, -0.15) is 0 Å². The number of amides is 2. The van der Waals surface area contributed by atoms with Gasteiger partial charge >= 0.3 is 27.1 Å². The van der Waals surface area contributed by atoms with Crippen LogP contribution >= 0.6 is 0 Å². The fourth-order valence-electron chi connectivity index (χ4n) is 3.65. The number of carbonyl (C=O) groups is 1. The second-order valence-electron chi connectivity index (χ2n) is 6.68. The molecule has 0 spiro atoms. The minimum atomic E-state index is -0.141. The maximum Gasteiger partial charge on any atom is 2.00 e. The number of hydrogen-bond acceptors (Lipinski definition) is 1. The summed E-state index contributed by atoms with van der Waals surface area (Å²) in [6.07, 6.45) is 2.17. The van der Waals surface area contributed by atoms with Crippen LogP contribution in [0.4, 0.5) is 10.5 Å². The molecule has 27 heavy (non-hydrogen) atoms. The maximum atomic E-state index is 12.5. The van der Waals surface area contributed by atoms with Crippen molar-refractivity contribution in [3.63, 3.8) is 0 Å². The van der Waals surface area contributed by atoms with E-state index in [4.69, 9.17) is 0 Å². The van der Waals surface area contributed by atoms with Crippen LogP contribution in [0.1, 0.15) is 33.9 Å². The number of hydrogen-bond donors (Lipinski definition) is 1. The molecule has 3 aromatic rings. The predicted octanol–water partition coefficient (Wildman–Crippen LogP) is 4.84. The number of carbonyl (C=O) groups excluding carboxylic acids is 1. The summed E-state index contributed by atoms with van der Waals surface area (Å²) in [6.45, 7) is 2.07. The van der Waals surface area contributed by atoms with Gasteiger partial charge in [-0.05, 0) is 18.1 Å². The summed E-state index contributed by atoms with van der Waals surface area (Å²) in [5.41, 5.74) is 6.61. The predicted molar refractivity (Wildman–Crippen MR) is 105 cm³/mol. The Balaban J connectivity index is 0.00000210. The molecule has 1 N–H and O–H groups in total. The van der Waals surface area contributed by atoms with Crippen LogP contribution in [0, 0.1) is 13.3 Å². The zero-order valence-corrected chi connectivity index (χ0v) is 18.3. The average molecular weight is 525 g/mol. The van der Waals surface area contributed by atoms with Gasteiger partial charge in [-0.1, -0.05) is 54.1 Å². The second-order valence-corrected chi connectivity index (χ2v) is 6.68. The molecule has 1 unspecified atom stereocenters. The smallest absolute Gasteiger partial charge is 0.327 e. The van der Waals surface area contributed by atoms with Gasteiger partial charge in [0.15, 0.2) is 0 Å². The Bertz CT molecular complexity index is 941. The van der Waals surface area contributed by atoms with Crippen molar-refractivity contribution in [1.82, 2.24) is 5.32 Å². The van der Waals surface area contributed by atoms with E-state index in [9.17, 15) is 4.79 Å². The third kappa shape index (κ3) is 3.79. The van der Waals surface area contributed by atoms with Crippen LogP contribution in [-0.4, -0.2) is 13.1 Å². The number of anilines is 1. The zero-order valence-electron chi connectivity index (χ0n) is 15.3. The average Bonchev–Trinajstić information content (AvgIpc) is 2.66. The molecule has 0 fully saturated rings. The van der Waals surface area contributed by atoms with Crippen LogP contribution in [0.25, 0.3) is 0 Å². The Labute approximate surface area is 174 Å². The van der Waals surface area contributed by atoms with E-state index in [2.05, 4.69) is 55.1 Å². The summed E-state index contributed by atoms with van der Waals surface area (Å²) in [4.78, 5) is 14.2. The molecular formula is C23H21N2OW+. The van der Waals surface area contributed by atoms with E-state index in [1.165, 1.54) is 0 Å². The normalized spacial score (nSPS) is 15.4. The molecule has 0 aliphatic carbocycles. The van der Waals surface area contributed by atoms with Gasteiger partial charge in [0.2, 0.25) is 0 Å². The standard InChI is InChI=1S/C23H21N2O.W/c1-16-13-18(14-17-9-5-3-6-10-17)15-20-21(19-11-7-4-8-12-19)24-23(26)25(2)22(16)20;/h3-15,21H,1-2H3,(H,24,26);/q-1;+2. The van der Waals surface area contributed by atoms with Crippen molar-refractivity contribution in [2.75, 3.05) is 11.9 Å². The molecule has 0 aromatic heterocycles. The van der Waals surface area contributed by atoms with E-state index < -0.39 is 0 Å². The quantitative estimate of drug-likeness (QED) is 0.488. The van der Waals surface area contributed by atoms with Crippen molar-refractivity contribution < 1.29 is 25.9 Å². The van der Waals surface area contributed by atoms with Crippen molar-refractivity contribution in [2.24, 2.45) is 0 Å². The van der Waals surface area contributed by atoms with E-state index in [0.717, 1.165) is 33.5 Å². The fourth-order valence-corrected chi connectivity index (χ4v) is 3.65. The molecule has 3 nitrogen and oxygen atoms in total. The summed E-state index contributed by atoms with van der Waals surface area (Å²) in [6, 6.07) is 24.5. The molecule has 1 aliphatic rings. The molecule has 3 aromatic carbocycles. The number of rotatable bonds is 3. The van der Waals surface area contributed by atoms with Crippen molar-refractivity contribution in [2.45, 2.75) is 13.0 Å².